The van der Waals surface area contributed by atoms with Gasteiger partial charge >= 0.3 is 5.97 Å². The Balaban J connectivity index is 2.23. The third-order valence-electron chi connectivity index (χ3n) is 6.93. The lowest BCUT2D eigenvalue weighted by molar-refractivity contribution is -0.157. The molecule has 0 unspecified atom stereocenters. The quantitative estimate of drug-likeness (QED) is 0.809. The molecule has 132 valence electrons. The molecule has 3 rings (SSSR count). The molecule has 3 heteroatoms. The number of aryl methyl sites for hydroxylation is 1. The molecule has 3 atom stereocenters. The van der Waals surface area contributed by atoms with E-state index in [2.05, 4.69) is 26.8 Å². The molecule has 0 saturated heterocycles. The zero-order valence-electron chi connectivity index (χ0n) is 15.6. The Kier molecular flexibility index (Phi) is 3.97. The van der Waals surface area contributed by atoms with Crippen LogP contribution in [0.5, 0.6) is 5.75 Å². The maximum Gasteiger partial charge on any atom is 0.309 e. The van der Waals surface area contributed by atoms with Crippen LogP contribution in [0.3, 0.4) is 0 Å². The number of aromatic hydroxyl groups is 1. The highest BCUT2D eigenvalue weighted by Gasteiger charge is 2.55. The van der Waals surface area contributed by atoms with Gasteiger partial charge in [0, 0.05) is 5.56 Å². The van der Waals surface area contributed by atoms with Crippen molar-refractivity contribution in [2.24, 2.45) is 11.3 Å². The van der Waals surface area contributed by atoms with Gasteiger partial charge < -0.3 is 10.2 Å². The van der Waals surface area contributed by atoms with Gasteiger partial charge in [-0.1, -0.05) is 33.3 Å². The summed E-state index contributed by atoms with van der Waals surface area (Å²) < 4.78 is 0. The average molecular weight is 330 g/mol. The lowest BCUT2D eigenvalue weighted by Crippen LogP contribution is -2.52. The van der Waals surface area contributed by atoms with Gasteiger partial charge in [0.25, 0.3) is 0 Å². The van der Waals surface area contributed by atoms with Crippen molar-refractivity contribution in [3.63, 3.8) is 0 Å². The molecule has 1 saturated carbocycles. The molecule has 24 heavy (non-hydrogen) atoms. The molecule has 2 aliphatic carbocycles. The van der Waals surface area contributed by atoms with Crippen molar-refractivity contribution in [3.05, 3.63) is 28.3 Å². The first-order valence-corrected chi connectivity index (χ1v) is 9.22. The van der Waals surface area contributed by atoms with E-state index in [0.717, 1.165) is 43.2 Å². The fourth-order valence-corrected chi connectivity index (χ4v) is 5.65. The predicted octanol–water partition coefficient (Wildman–Crippen LogP) is 4.92. The molecular formula is C21H30O3. The number of benzene rings is 1. The van der Waals surface area contributed by atoms with Crippen LogP contribution in [-0.2, 0) is 16.6 Å². The molecule has 0 aromatic heterocycles. The maximum absolute atomic E-state index is 12.0. The number of carbonyl (C=O) groups is 1. The van der Waals surface area contributed by atoms with Gasteiger partial charge in [0.05, 0.1) is 5.41 Å². The summed E-state index contributed by atoms with van der Waals surface area (Å²) in [6, 6.07) is 2.14. The van der Waals surface area contributed by atoms with E-state index in [0.29, 0.717) is 5.75 Å². The van der Waals surface area contributed by atoms with Crippen molar-refractivity contribution in [3.8, 4) is 5.75 Å². The third-order valence-corrected chi connectivity index (χ3v) is 6.93. The number of hydrogen-bond acceptors (Lipinski definition) is 2. The van der Waals surface area contributed by atoms with E-state index in [9.17, 15) is 15.0 Å². The van der Waals surface area contributed by atoms with Crippen molar-refractivity contribution >= 4 is 5.97 Å². The van der Waals surface area contributed by atoms with Crippen LogP contribution in [0.4, 0.5) is 0 Å². The van der Waals surface area contributed by atoms with Gasteiger partial charge in [0.1, 0.15) is 5.75 Å². The Morgan fingerprint density at radius 2 is 1.96 bits per heavy atom. The van der Waals surface area contributed by atoms with Crippen LogP contribution in [0.2, 0.25) is 0 Å². The highest BCUT2D eigenvalue weighted by atomic mass is 16.4. The number of carboxylic acid groups (broad SMARTS) is 1. The minimum absolute atomic E-state index is 0.110. The number of fused-ring (bicyclic) bond motifs is 3. The van der Waals surface area contributed by atoms with Crippen molar-refractivity contribution in [2.75, 3.05) is 0 Å². The SMILES string of the molecule is Cc1cc2c(c(C(C)C)c1O)CC[C@H]1[C@@](C)(C(=O)O)CCC[C@]21C. The highest BCUT2D eigenvalue weighted by molar-refractivity contribution is 5.75. The number of aliphatic carboxylic acids is 1. The van der Waals surface area contributed by atoms with Gasteiger partial charge in [0.2, 0.25) is 0 Å². The van der Waals surface area contributed by atoms with Crippen molar-refractivity contribution in [1.29, 1.82) is 0 Å². The second-order valence-corrected chi connectivity index (χ2v) is 8.72. The van der Waals surface area contributed by atoms with E-state index in [1.54, 1.807) is 0 Å². The van der Waals surface area contributed by atoms with Crippen LogP contribution in [-0.4, -0.2) is 16.2 Å². The van der Waals surface area contributed by atoms with Crippen LogP contribution in [0.1, 0.15) is 81.5 Å². The first kappa shape index (κ1) is 17.3. The van der Waals surface area contributed by atoms with Crippen molar-refractivity contribution < 1.29 is 15.0 Å². The minimum Gasteiger partial charge on any atom is -0.507 e. The average Bonchev–Trinajstić information content (AvgIpc) is 2.48. The van der Waals surface area contributed by atoms with Crippen LogP contribution in [0, 0.1) is 18.3 Å². The fourth-order valence-electron chi connectivity index (χ4n) is 5.65. The Bertz CT molecular complexity index is 691. The van der Waals surface area contributed by atoms with Crippen molar-refractivity contribution in [2.45, 2.75) is 78.1 Å². The van der Waals surface area contributed by atoms with Gasteiger partial charge in [-0.25, -0.2) is 0 Å². The lowest BCUT2D eigenvalue weighted by Gasteiger charge is -2.54. The molecule has 2 N–H and O–H groups in total. The van der Waals surface area contributed by atoms with Gasteiger partial charge in [-0.15, -0.1) is 0 Å². The molecule has 0 heterocycles. The summed E-state index contributed by atoms with van der Waals surface area (Å²) in [7, 11) is 0. The number of phenolic OH excluding ortho intramolecular Hbond substituents is 1. The first-order chi connectivity index (χ1) is 11.1. The van der Waals surface area contributed by atoms with E-state index < -0.39 is 11.4 Å². The summed E-state index contributed by atoms with van der Waals surface area (Å²) in [5.74, 6) is 0.213. The summed E-state index contributed by atoms with van der Waals surface area (Å²) in [6.45, 7) is 10.4. The topological polar surface area (TPSA) is 57.5 Å². The van der Waals surface area contributed by atoms with E-state index in [-0.39, 0.29) is 17.3 Å². The van der Waals surface area contributed by atoms with Gasteiger partial charge in [-0.3, -0.25) is 4.79 Å². The molecule has 0 spiro atoms. The number of rotatable bonds is 2. The van der Waals surface area contributed by atoms with E-state index in [1.165, 1.54) is 11.1 Å². The normalized spacial score (nSPS) is 32.3. The molecule has 0 aliphatic heterocycles. The Morgan fingerprint density at radius 1 is 1.29 bits per heavy atom. The summed E-state index contributed by atoms with van der Waals surface area (Å²) in [5.41, 5.74) is 3.82. The molecular weight excluding hydrogens is 300 g/mol. The Morgan fingerprint density at radius 3 is 2.54 bits per heavy atom. The van der Waals surface area contributed by atoms with Gasteiger partial charge in [-0.2, -0.15) is 0 Å². The Labute approximate surface area is 145 Å². The first-order valence-electron chi connectivity index (χ1n) is 9.22. The van der Waals surface area contributed by atoms with Crippen LogP contribution >= 0.6 is 0 Å². The molecule has 0 radical (unpaired) electrons. The highest BCUT2D eigenvalue weighted by Crippen LogP contribution is 2.58. The second-order valence-electron chi connectivity index (χ2n) is 8.72. The van der Waals surface area contributed by atoms with E-state index in [1.807, 2.05) is 13.8 Å². The molecule has 1 fully saturated rings. The third kappa shape index (κ3) is 2.20. The summed E-state index contributed by atoms with van der Waals surface area (Å²) >= 11 is 0. The molecule has 1 aromatic rings. The van der Waals surface area contributed by atoms with Gasteiger partial charge in [-0.05, 0) is 73.5 Å². The zero-order chi connectivity index (χ0) is 17.9. The van der Waals surface area contributed by atoms with Gasteiger partial charge in [0.15, 0.2) is 0 Å². The number of phenols is 1. The fraction of sp³-hybridized carbons (Fsp3) is 0.667. The van der Waals surface area contributed by atoms with Crippen LogP contribution in [0.25, 0.3) is 0 Å². The molecule has 2 aliphatic rings. The smallest absolute Gasteiger partial charge is 0.309 e. The summed E-state index contributed by atoms with van der Waals surface area (Å²) in [6.07, 6.45) is 4.53. The second kappa shape index (κ2) is 5.50. The Hall–Kier alpha value is -1.51. The molecule has 1 aromatic carbocycles. The molecule has 0 amide bonds. The summed E-state index contributed by atoms with van der Waals surface area (Å²) in [5, 5.41) is 20.5. The lowest BCUT2D eigenvalue weighted by atomic mass is 9.49. The van der Waals surface area contributed by atoms with Crippen molar-refractivity contribution in [1.82, 2.24) is 0 Å². The summed E-state index contributed by atoms with van der Waals surface area (Å²) in [4.78, 5) is 12.0. The zero-order valence-corrected chi connectivity index (χ0v) is 15.6. The van der Waals surface area contributed by atoms with E-state index in [4.69, 9.17) is 0 Å². The largest absolute Gasteiger partial charge is 0.507 e. The molecule has 0 bridgehead atoms. The number of carboxylic acids is 1. The van der Waals surface area contributed by atoms with Crippen LogP contribution < -0.4 is 0 Å². The molecule has 3 nitrogen and oxygen atoms in total. The maximum atomic E-state index is 12.0. The predicted molar refractivity (Wildman–Crippen MR) is 95.7 cm³/mol. The number of hydrogen-bond donors (Lipinski definition) is 2. The monoisotopic (exact) mass is 330 g/mol. The minimum atomic E-state index is -0.651. The standard InChI is InChI=1S/C21H30O3/c1-12(2)17-14-7-8-16-20(4,15(14)11-13(3)18(17)22)9-6-10-21(16,5)19(23)24/h11-12,16,22H,6-10H2,1-5H3,(H,23,24)/t16-,20-,21+/m1/s1. The van der Waals surface area contributed by atoms with E-state index >= 15 is 0 Å². The van der Waals surface area contributed by atoms with Crippen LogP contribution in [0.15, 0.2) is 6.07 Å².